The number of carbonyl (C=O) groups excluding carboxylic acids is 1. The molecule has 0 spiro atoms. The summed E-state index contributed by atoms with van der Waals surface area (Å²) in [6.07, 6.45) is 4.56. The summed E-state index contributed by atoms with van der Waals surface area (Å²) in [5.74, 6) is 0.269. The summed E-state index contributed by atoms with van der Waals surface area (Å²) in [6.45, 7) is 5.33. The lowest BCUT2D eigenvalue weighted by Gasteiger charge is -2.27. The molecule has 1 amide bonds. The molecule has 0 bridgehead atoms. The summed E-state index contributed by atoms with van der Waals surface area (Å²) in [4.78, 5) is 16.2. The fourth-order valence-corrected chi connectivity index (χ4v) is 5.88. The normalized spacial score (nSPS) is 25.0. The molecule has 2 aliphatic heterocycles. The molecule has 1 saturated carbocycles. The second kappa shape index (κ2) is 10.1. The highest BCUT2D eigenvalue weighted by Crippen LogP contribution is 2.39. The van der Waals surface area contributed by atoms with E-state index in [0.29, 0.717) is 23.7 Å². The van der Waals surface area contributed by atoms with Crippen LogP contribution in [0.25, 0.3) is 11.3 Å². The van der Waals surface area contributed by atoms with Crippen molar-refractivity contribution in [2.24, 2.45) is 17.8 Å². The van der Waals surface area contributed by atoms with Gasteiger partial charge in [-0.05, 0) is 67.7 Å². The van der Waals surface area contributed by atoms with E-state index in [4.69, 9.17) is 4.74 Å². The first-order chi connectivity index (χ1) is 16.9. The predicted molar refractivity (Wildman–Crippen MR) is 129 cm³/mol. The van der Waals surface area contributed by atoms with Gasteiger partial charge in [0.1, 0.15) is 5.82 Å². The van der Waals surface area contributed by atoms with Crippen molar-refractivity contribution in [3.05, 3.63) is 41.5 Å². The van der Waals surface area contributed by atoms with Gasteiger partial charge in [-0.1, -0.05) is 0 Å². The predicted octanol–water partition coefficient (Wildman–Crippen LogP) is 3.67. The SMILES string of the molecule is CN(C)C(=O)c1cc(F)c(F)c(-c2ccc(NC3C[C@@H]4CN(CC5CCOCC5)C[C@@H]4C3)nn2)c1. The fraction of sp³-hybridized carbons (Fsp3) is 0.577. The zero-order valence-corrected chi connectivity index (χ0v) is 20.3. The van der Waals surface area contributed by atoms with Crippen LogP contribution in [0.4, 0.5) is 14.6 Å². The number of rotatable bonds is 6. The number of amides is 1. The van der Waals surface area contributed by atoms with Gasteiger partial charge in [0, 0.05) is 64.1 Å². The maximum Gasteiger partial charge on any atom is 0.253 e. The number of nitrogens with zero attached hydrogens (tertiary/aromatic N) is 4. The van der Waals surface area contributed by atoms with E-state index in [0.717, 1.165) is 51.1 Å². The lowest BCUT2D eigenvalue weighted by Crippen LogP contribution is -2.32. The van der Waals surface area contributed by atoms with Gasteiger partial charge in [0.15, 0.2) is 11.6 Å². The van der Waals surface area contributed by atoms with Crippen LogP contribution in [0.3, 0.4) is 0 Å². The highest BCUT2D eigenvalue weighted by atomic mass is 19.2. The van der Waals surface area contributed by atoms with Crippen molar-refractivity contribution in [2.75, 3.05) is 52.3 Å². The van der Waals surface area contributed by atoms with Gasteiger partial charge in [-0.15, -0.1) is 10.2 Å². The zero-order chi connectivity index (χ0) is 24.5. The molecule has 3 atom stereocenters. The average Bonchev–Trinajstić information content (AvgIpc) is 3.39. The summed E-state index contributed by atoms with van der Waals surface area (Å²) < 4.78 is 34.1. The van der Waals surface area contributed by atoms with Gasteiger partial charge in [-0.25, -0.2) is 8.78 Å². The molecular formula is C26H33F2N5O2. The van der Waals surface area contributed by atoms with Crippen molar-refractivity contribution >= 4 is 11.7 Å². The number of likely N-dealkylation sites (tertiary alicyclic amines) is 1. The van der Waals surface area contributed by atoms with E-state index in [1.54, 1.807) is 26.2 Å². The van der Waals surface area contributed by atoms with Crippen LogP contribution in [0.2, 0.25) is 0 Å². The first-order valence-corrected chi connectivity index (χ1v) is 12.5. The third kappa shape index (κ3) is 5.30. The van der Waals surface area contributed by atoms with Gasteiger partial charge < -0.3 is 19.9 Å². The lowest BCUT2D eigenvalue weighted by molar-refractivity contribution is 0.0545. The molecule has 1 unspecified atom stereocenters. The maximum absolute atomic E-state index is 14.5. The first-order valence-electron chi connectivity index (χ1n) is 12.5. The van der Waals surface area contributed by atoms with Crippen LogP contribution in [-0.2, 0) is 4.74 Å². The number of halogens is 2. The molecule has 188 valence electrons. The molecule has 3 fully saturated rings. The van der Waals surface area contributed by atoms with E-state index in [1.165, 1.54) is 30.4 Å². The molecule has 9 heteroatoms. The zero-order valence-electron chi connectivity index (χ0n) is 20.3. The number of hydrogen-bond donors (Lipinski definition) is 1. The molecule has 3 aliphatic rings. The Kier molecular flexibility index (Phi) is 6.98. The van der Waals surface area contributed by atoms with Crippen molar-refractivity contribution in [1.29, 1.82) is 0 Å². The monoisotopic (exact) mass is 485 g/mol. The minimum atomic E-state index is -1.08. The Bertz CT molecular complexity index is 1040. The standard InChI is InChI=1S/C26H33F2N5O2/c1-32(2)26(34)17-11-21(25(28)22(27)12-17)23-3-4-24(31-30-23)29-20-9-18-14-33(15-19(18)10-20)13-16-5-7-35-8-6-16/h3-4,11-12,16,18-20H,5-10,13-15H2,1-2H3,(H,29,31)/t18-,19+,20?. The van der Waals surface area contributed by atoms with Crippen molar-refractivity contribution in [1.82, 2.24) is 20.0 Å². The minimum Gasteiger partial charge on any atom is -0.381 e. The molecule has 7 nitrogen and oxygen atoms in total. The molecule has 5 rings (SSSR count). The van der Waals surface area contributed by atoms with Crippen molar-refractivity contribution in [3.63, 3.8) is 0 Å². The van der Waals surface area contributed by atoms with E-state index < -0.39 is 17.5 Å². The summed E-state index contributed by atoms with van der Waals surface area (Å²) in [5.41, 5.74) is 0.179. The molecule has 35 heavy (non-hydrogen) atoms. The lowest BCUT2D eigenvalue weighted by atomic mass is 10.00. The Morgan fingerprint density at radius 3 is 2.46 bits per heavy atom. The van der Waals surface area contributed by atoms with Gasteiger partial charge in [0.2, 0.25) is 0 Å². The first kappa shape index (κ1) is 24.1. The molecule has 1 aromatic carbocycles. The fourth-order valence-electron chi connectivity index (χ4n) is 5.88. The minimum absolute atomic E-state index is 0.0660. The van der Waals surface area contributed by atoms with Crippen LogP contribution in [-0.4, -0.2) is 78.9 Å². The molecule has 3 heterocycles. The van der Waals surface area contributed by atoms with E-state index >= 15 is 0 Å². The highest BCUT2D eigenvalue weighted by Gasteiger charge is 2.41. The van der Waals surface area contributed by atoms with Crippen LogP contribution < -0.4 is 5.32 Å². The van der Waals surface area contributed by atoms with E-state index in [-0.39, 0.29) is 16.8 Å². The van der Waals surface area contributed by atoms with Gasteiger partial charge in [0.05, 0.1) is 5.69 Å². The van der Waals surface area contributed by atoms with Crippen LogP contribution >= 0.6 is 0 Å². The van der Waals surface area contributed by atoms with Crippen molar-refractivity contribution < 1.29 is 18.3 Å². The molecule has 0 radical (unpaired) electrons. The Hall–Kier alpha value is -2.65. The van der Waals surface area contributed by atoms with E-state index in [2.05, 4.69) is 20.4 Å². The molecule has 1 N–H and O–H groups in total. The third-order valence-corrected chi connectivity index (χ3v) is 7.66. The second-order valence-electron chi connectivity index (χ2n) is 10.4. The van der Waals surface area contributed by atoms with E-state index in [9.17, 15) is 13.6 Å². The third-order valence-electron chi connectivity index (χ3n) is 7.66. The van der Waals surface area contributed by atoms with Crippen molar-refractivity contribution in [3.8, 4) is 11.3 Å². The van der Waals surface area contributed by atoms with Crippen molar-refractivity contribution in [2.45, 2.75) is 31.7 Å². The topological polar surface area (TPSA) is 70.6 Å². The number of ether oxygens (including phenoxy) is 1. The number of carbonyl (C=O) groups is 1. The van der Waals surface area contributed by atoms with Gasteiger partial charge >= 0.3 is 0 Å². The Morgan fingerprint density at radius 1 is 1.11 bits per heavy atom. The largest absolute Gasteiger partial charge is 0.381 e. The number of nitrogens with one attached hydrogen (secondary N) is 1. The van der Waals surface area contributed by atoms with Gasteiger partial charge in [0.25, 0.3) is 5.91 Å². The number of anilines is 1. The Labute approximate surface area is 204 Å². The molecular weight excluding hydrogens is 452 g/mol. The second-order valence-corrected chi connectivity index (χ2v) is 10.4. The summed E-state index contributed by atoms with van der Waals surface area (Å²) >= 11 is 0. The van der Waals surface area contributed by atoms with Crippen LogP contribution in [0.5, 0.6) is 0 Å². The smallest absolute Gasteiger partial charge is 0.253 e. The quantitative estimate of drug-likeness (QED) is 0.673. The van der Waals surface area contributed by atoms with Crippen LogP contribution in [0.15, 0.2) is 24.3 Å². The number of hydrogen-bond acceptors (Lipinski definition) is 6. The van der Waals surface area contributed by atoms with Crippen LogP contribution in [0, 0.1) is 29.4 Å². The number of fused-ring (bicyclic) bond motifs is 1. The molecule has 1 aromatic heterocycles. The maximum atomic E-state index is 14.5. The molecule has 1 aliphatic carbocycles. The summed E-state index contributed by atoms with van der Waals surface area (Å²) in [6, 6.07) is 5.92. The Balaban J connectivity index is 1.19. The number of aromatic nitrogens is 2. The van der Waals surface area contributed by atoms with E-state index in [1.807, 2.05) is 0 Å². The Morgan fingerprint density at radius 2 is 1.83 bits per heavy atom. The van der Waals surface area contributed by atoms with Crippen LogP contribution in [0.1, 0.15) is 36.0 Å². The highest BCUT2D eigenvalue weighted by molar-refractivity contribution is 5.95. The average molecular weight is 486 g/mol. The van der Waals surface area contributed by atoms with Gasteiger partial charge in [-0.3, -0.25) is 4.79 Å². The molecule has 2 saturated heterocycles. The number of benzene rings is 1. The van der Waals surface area contributed by atoms with Gasteiger partial charge in [-0.2, -0.15) is 0 Å². The molecule has 2 aromatic rings. The summed E-state index contributed by atoms with van der Waals surface area (Å²) in [5, 5.41) is 11.8. The summed E-state index contributed by atoms with van der Waals surface area (Å²) in [7, 11) is 3.12.